The van der Waals surface area contributed by atoms with Crippen LogP contribution in [0.5, 0.6) is 0 Å². The fourth-order valence-corrected chi connectivity index (χ4v) is 2.56. The predicted octanol–water partition coefficient (Wildman–Crippen LogP) is 3.59. The van der Waals surface area contributed by atoms with Gasteiger partial charge in [0, 0.05) is 18.5 Å². The van der Waals surface area contributed by atoms with E-state index >= 15 is 0 Å². The van der Waals surface area contributed by atoms with Crippen LogP contribution in [0.2, 0.25) is 0 Å². The molecule has 1 aromatic carbocycles. The summed E-state index contributed by atoms with van der Waals surface area (Å²) < 4.78 is 5.41. The molecule has 0 unspecified atom stereocenters. The second kappa shape index (κ2) is 5.48. The van der Waals surface area contributed by atoms with Gasteiger partial charge in [-0.3, -0.25) is 5.10 Å². The largest absolute Gasteiger partial charge is 0.444 e. The number of fused-ring (bicyclic) bond motifs is 1. The van der Waals surface area contributed by atoms with Gasteiger partial charge < -0.3 is 9.64 Å². The molecule has 1 amide bonds. The Hall–Kier alpha value is -2.30. The molecule has 0 fully saturated rings. The fourth-order valence-electron chi connectivity index (χ4n) is 2.56. The number of hydrogen-bond acceptors (Lipinski definition) is 3. The number of aromatic nitrogens is 2. The van der Waals surface area contributed by atoms with Crippen LogP contribution in [0.4, 0.5) is 4.79 Å². The molecule has 2 heterocycles. The fraction of sp³-hybridized carbons (Fsp3) is 0.412. The maximum atomic E-state index is 12.1. The SMILES string of the molecule is CC(C)(C)OC(=O)N1CC=C(c2ccc3cn[nH]c3c2)CC1. The smallest absolute Gasteiger partial charge is 0.410 e. The number of ether oxygens (including phenoxy) is 1. The third kappa shape index (κ3) is 3.13. The lowest BCUT2D eigenvalue weighted by Gasteiger charge is -2.29. The van der Waals surface area contributed by atoms with E-state index in [2.05, 4.69) is 34.5 Å². The molecule has 1 aliphatic rings. The van der Waals surface area contributed by atoms with Crippen molar-refractivity contribution in [2.45, 2.75) is 32.8 Å². The monoisotopic (exact) mass is 299 g/mol. The van der Waals surface area contributed by atoms with Crippen molar-refractivity contribution in [3.63, 3.8) is 0 Å². The van der Waals surface area contributed by atoms with Gasteiger partial charge in [-0.05, 0) is 44.4 Å². The first-order valence-corrected chi connectivity index (χ1v) is 7.53. The van der Waals surface area contributed by atoms with Crippen molar-refractivity contribution in [1.82, 2.24) is 15.1 Å². The average molecular weight is 299 g/mol. The summed E-state index contributed by atoms with van der Waals surface area (Å²) in [5, 5.41) is 8.14. The Morgan fingerprint density at radius 1 is 1.36 bits per heavy atom. The van der Waals surface area contributed by atoms with Gasteiger partial charge in [0.2, 0.25) is 0 Å². The summed E-state index contributed by atoms with van der Waals surface area (Å²) in [7, 11) is 0. The Labute approximate surface area is 129 Å². The predicted molar refractivity (Wildman–Crippen MR) is 86.5 cm³/mol. The van der Waals surface area contributed by atoms with Crippen LogP contribution < -0.4 is 0 Å². The molecule has 116 valence electrons. The molecular formula is C17H21N3O2. The number of benzene rings is 1. The molecule has 0 saturated heterocycles. The molecule has 0 radical (unpaired) electrons. The lowest BCUT2D eigenvalue weighted by molar-refractivity contribution is 0.0270. The third-order valence-electron chi connectivity index (χ3n) is 3.67. The minimum atomic E-state index is -0.452. The van der Waals surface area contributed by atoms with E-state index in [0.29, 0.717) is 13.1 Å². The standard InChI is InChI=1S/C17H21N3O2/c1-17(2,3)22-16(21)20-8-6-12(7-9-20)13-4-5-14-11-18-19-15(14)10-13/h4-6,10-11H,7-9H2,1-3H3,(H,18,19). The van der Waals surface area contributed by atoms with Gasteiger partial charge in [-0.2, -0.15) is 5.10 Å². The summed E-state index contributed by atoms with van der Waals surface area (Å²) in [4.78, 5) is 13.8. The first-order valence-electron chi connectivity index (χ1n) is 7.53. The molecule has 1 N–H and O–H groups in total. The molecule has 0 saturated carbocycles. The van der Waals surface area contributed by atoms with Crippen LogP contribution in [0, 0.1) is 0 Å². The minimum absolute atomic E-state index is 0.244. The maximum absolute atomic E-state index is 12.1. The van der Waals surface area contributed by atoms with Gasteiger partial charge in [-0.15, -0.1) is 0 Å². The van der Waals surface area contributed by atoms with Gasteiger partial charge in [0.25, 0.3) is 0 Å². The molecule has 0 spiro atoms. The summed E-state index contributed by atoms with van der Waals surface area (Å²) >= 11 is 0. The van der Waals surface area contributed by atoms with Crippen molar-refractivity contribution in [2.75, 3.05) is 13.1 Å². The summed E-state index contributed by atoms with van der Waals surface area (Å²) in [6.45, 7) is 6.92. The average Bonchev–Trinajstić information content (AvgIpc) is 2.93. The van der Waals surface area contributed by atoms with Crippen molar-refractivity contribution >= 4 is 22.6 Å². The Balaban J connectivity index is 1.72. The number of carbonyl (C=O) groups is 1. The highest BCUT2D eigenvalue weighted by molar-refractivity contribution is 5.83. The molecule has 1 aromatic heterocycles. The Bertz CT molecular complexity index is 725. The van der Waals surface area contributed by atoms with Crippen molar-refractivity contribution in [2.24, 2.45) is 0 Å². The summed E-state index contributed by atoms with van der Waals surface area (Å²) in [5.41, 5.74) is 3.03. The summed E-state index contributed by atoms with van der Waals surface area (Å²) in [5.74, 6) is 0. The second-order valence-corrected chi connectivity index (χ2v) is 6.58. The first-order chi connectivity index (χ1) is 10.4. The number of nitrogens with zero attached hydrogens (tertiary/aromatic N) is 2. The summed E-state index contributed by atoms with van der Waals surface area (Å²) in [6.07, 6.45) is 4.51. The molecule has 0 bridgehead atoms. The maximum Gasteiger partial charge on any atom is 0.410 e. The molecule has 2 aromatic rings. The van der Waals surface area contributed by atoms with E-state index in [9.17, 15) is 4.79 Å². The zero-order valence-corrected chi connectivity index (χ0v) is 13.2. The minimum Gasteiger partial charge on any atom is -0.444 e. The van der Waals surface area contributed by atoms with Crippen molar-refractivity contribution in [3.05, 3.63) is 36.0 Å². The van der Waals surface area contributed by atoms with Crippen molar-refractivity contribution in [3.8, 4) is 0 Å². The Morgan fingerprint density at radius 2 is 2.18 bits per heavy atom. The number of hydrogen-bond donors (Lipinski definition) is 1. The first kappa shape index (κ1) is 14.6. The highest BCUT2D eigenvalue weighted by Gasteiger charge is 2.23. The Kier molecular flexibility index (Phi) is 3.64. The summed E-state index contributed by atoms with van der Waals surface area (Å²) in [6, 6.07) is 6.28. The third-order valence-corrected chi connectivity index (χ3v) is 3.67. The van der Waals surface area contributed by atoms with E-state index < -0.39 is 5.60 Å². The number of nitrogens with one attached hydrogen (secondary N) is 1. The lowest BCUT2D eigenvalue weighted by atomic mass is 9.99. The van der Waals surface area contributed by atoms with Crippen LogP contribution in [-0.4, -0.2) is 39.9 Å². The molecule has 5 nitrogen and oxygen atoms in total. The normalized spacial score (nSPS) is 15.8. The van der Waals surface area contributed by atoms with Crippen LogP contribution in [0.1, 0.15) is 32.8 Å². The van der Waals surface area contributed by atoms with E-state index in [1.165, 1.54) is 11.1 Å². The Morgan fingerprint density at radius 3 is 2.86 bits per heavy atom. The van der Waals surface area contributed by atoms with Gasteiger partial charge in [-0.1, -0.05) is 18.2 Å². The highest BCUT2D eigenvalue weighted by Crippen LogP contribution is 2.25. The van der Waals surface area contributed by atoms with E-state index in [1.54, 1.807) is 4.90 Å². The van der Waals surface area contributed by atoms with Gasteiger partial charge in [0.1, 0.15) is 5.60 Å². The molecular weight excluding hydrogens is 278 g/mol. The number of rotatable bonds is 1. The second-order valence-electron chi connectivity index (χ2n) is 6.58. The van der Waals surface area contributed by atoms with E-state index in [0.717, 1.165) is 17.3 Å². The molecule has 1 aliphatic heterocycles. The molecule has 0 atom stereocenters. The molecule has 5 heteroatoms. The topological polar surface area (TPSA) is 58.2 Å². The van der Waals surface area contributed by atoms with Crippen LogP contribution in [0.15, 0.2) is 30.5 Å². The van der Waals surface area contributed by atoms with Crippen LogP contribution >= 0.6 is 0 Å². The van der Waals surface area contributed by atoms with E-state index in [4.69, 9.17) is 4.74 Å². The van der Waals surface area contributed by atoms with Crippen molar-refractivity contribution in [1.29, 1.82) is 0 Å². The number of H-pyrrole nitrogens is 1. The molecule has 22 heavy (non-hydrogen) atoms. The molecule has 3 rings (SSSR count). The van der Waals surface area contributed by atoms with Gasteiger partial charge in [0.15, 0.2) is 0 Å². The van der Waals surface area contributed by atoms with Crippen LogP contribution in [0.3, 0.4) is 0 Å². The van der Waals surface area contributed by atoms with Gasteiger partial charge in [-0.25, -0.2) is 4.79 Å². The van der Waals surface area contributed by atoms with E-state index in [1.807, 2.05) is 27.0 Å². The van der Waals surface area contributed by atoms with Crippen molar-refractivity contribution < 1.29 is 9.53 Å². The lowest BCUT2D eigenvalue weighted by Crippen LogP contribution is -2.39. The number of aromatic amines is 1. The number of carbonyl (C=O) groups excluding carboxylic acids is 1. The zero-order chi connectivity index (χ0) is 15.7. The highest BCUT2D eigenvalue weighted by atomic mass is 16.6. The quantitative estimate of drug-likeness (QED) is 0.875. The van der Waals surface area contributed by atoms with Gasteiger partial charge in [0.05, 0.1) is 11.7 Å². The van der Waals surface area contributed by atoms with Gasteiger partial charge >= 0.3 is 6.09 Å². The number of amides is 1. The molecule has 0 aliphatic carbocycles. The van der Waals surface area contributed by atoms with Crippen LogP contribution in [-0.2, 0) is 4.74 Å². The zero-order valence-electron chi connectivity index (χ0n) is 13.2. The van der Waals surface area contributed by atoms with E-state index in [-0.39, 0.29) is 6.09 Å². The van der Waals surface area contributed by atoms with Crippen LogP contribution in [0.25, 0.3) is 16.5 Å².